The highest BCUT2D eigenvalue weighted by atomic mass is 16.4. The minimum Gasteiger partial charge on any atom is -0.481 e. The lowest BCUT2D eigenvalue weighted by Crippen LogP contribution is -2.56. The lowest BCUT2D eigenvalue weighted by atomic mass is 10.1. The number of aliphatic carboxylic acids is 3. The summed E-state index contributed by atoms with van der Waals surface area (Å²) < 4.78 is 0. The first kappa shape index (κ1) is 28.0. The maximum atomic E-state index is 12.5. The van der Waals surface area contributed by atoms with Crippen molar-refractivity contribution in [2.45, 2.75) is 63.2 Å². The topological polar surface area (TPSA) is 254 Å². The van der Waals surface area contributed by atoms with Gasteiger partial charge in [0.1, 0.15) is 18.1 Å². The van der Waals surface area contributed by atoms with Gasteiger partial charge in [-0.25, -0.2) is 9.78 Å². The van der Waals surface area contributed by atoms with Crippen LogP contribution in [0.2, 0.25) is 0 Å². The monoisotopic (exact) mass is 484 g/mol. The normalized spacial score (nSPS) is 14.2. The van der Waals surface area contributed by atoms with Gasteiger partial charge in [-0.1, -0.05) is 0 Å². The van der Waals surface area contributed by atoms with Crippen molar-refractivity contribution in [2.75, 3.05) is 0 Å². The number of hydrogen-bond donors (Lipinski definition) is 8. The molecule has 1 rings (SSSR count). The van der Waals surface area contributed by atoms with Crippen LogP contribution in [0.1, 0.15) is 38.3 Å². The largest absolute Gasteiger partial charge is 0.481 e. The van der Waals surface area contributed by atoms with Crippen LogP contribution in [0.25, 0.3) is 0 Å². The fourth-order valence-corrected chi connectivity index (χ4v) is 2.74. The van der Waals surface area contributed by atoms with Gasteiger partial charge in [0, 0.05) is 31.2 Å². The molecule has 34 heavy (non-hydrogen) atoms. The van der Waals surface area contributed by atoms with E-state index in [9.17, 15) is 33.9 Å². The molecule has 1 heterocycles. The predicted octanol–water partition coefficient (Wildman–Crippen LogP) is -2.43. The number of imidazole rings is 1. The molecule has 1 aromatic heterocycles. The summed E-state index contributed by atoms with van der Waals surface area (Å²) in [5.41, 5.74) is 6.40. The third-order valence-corrected chi connectivity index (χ3v) is 4.62. The Morgan fingerprint density at radius 1 is 0.912 bits per heavy atom. The van der Waals surface area contributed by atoms with E-state index in [1.807, 2.05) is 0 Å². The molecule has 3 amide bonds. The molecule has 188 valence electrons. The van der Waals surface area contributed by atoms with Crippen LogP contribution in [-0.2, 0) is 35.2 Å². The third kappa shape index (κ3) is 10.1. The second-order valence-corrected chi connectivity index (χ2v) is 7.44. The summed E-state index contributed by atoms with van der Waals surface area (Å²) in [6, 6.07) is -5.19. The van der Waals surface area contributed by atoms with E-state index in [1.54, 1.807) is 0 Å². The van der Waals surface area contributed by atoms with Crippen LogP contribution in [0, 0.1) is 0 Å². The standard InChI is InChI=1S/C19H28N6O9/c1-9(23-17(31)11(20)6-10-7-21-8-22-10)16(30)24-12(2-4-14(26)27)18(32)25-13(19(33)34)3-5-15(28)29/h7-9,11-13H,2-6,20H2,1H3,(H,21,22)(H,23,31)(H,24,30)(H,25,32)(H,26,27)(H,28,29)(H,33,34). The minimum atomic E-state index is -1.56. The van der Waals surface area contributed by atoms with E-state index in [4.69, 9.17) is 15.9 Å². The lowest BCUT2D eigenvalue weighted by molar-refractivity contribution is -0.144. The van der Waals surface area contributed by atoms with Crippen molar-refractivity contribution in [3.05, 3.63) is 18.2 Å². The van der Waals surface area contributed by atoms with Crippen molar-refractivity contribution >= 4 is 35.6 Å². The average Bonchev–Trinajstić information content (AvgIpc) is 3.25. The molecule has 0 saturated heterocycles. The first-order chi connectivity index (χ1) is 15.9. The second kappa shape index (κ2) is 13.5. The Morgan fingerprint density at radius 3 is 1.97 bits per heavy atom. The maximum absolute atomic E-state index is 12.5. The molecule has 0 bridgehead atoms. The summed E-state index contributed by atoms with van der Waals surface area (Å²) in [7, 11) is 0. The van der Waals surface area contributed by atoms with E-state index in [2.05, 4.69) is 25.9 Å². The minimum absolute atomic E-state index is 0.122. The summed E-state index contributed by atoms with van der Waals surface area (Å²) in [5.74, 6) is -6.55. The van der Waals surface area contributed by atoms with Gasteiger partial charge in [-0.3, -0.25) is 24.0 Å². The molecule has 0 fully saturated rings. The van der Waals surface area contributed by atoms with Crippen LogP contribution in [0.4, 0.5) is 0 Å². The van der Waals surface area contributed by atoms with Crippen LogP contribution in [0.15, 0.2) is 12.5 Å². The Hall–Kier alpha value is -4.01. The molecular weight excluding hydrogens is 456 g/mol. The van der Waals surface area contributed by atoms with Gasteiger partial charge in [-0.15, -0.1) is 0 Å². The highest BCUT2D eigenvalue weighted by molar-refractivity contribution is 5.94. The van der Waals surface area contributed by atoms with Gasteiger partial charge in [-0.05, 0) is 19.8 Å². The summed E-state index contributed by atoms with van der Waals surface area (Å²) in [4.78, 5) is 76.8. The zero-order chi connectivity index (χ0) is 25.8. The number of carboxylic acid groups (broad SMARTS) is 3. The molecule has 0 aliphatic heterocycles. The summed E-state index contributed by atoms with van der Waals surface area (Å²) in [6.07, 6.45) is 1.16. The number of nitrogens with zero attached hydrogens (tertiary/aromatic N) is 1. The van der Waals surface area contributed by atoms with E-state index in [0.717, 1.165) is 0 Å². The first-order valence-corrected chi connectivity index (χ1v) is 10.2. The zero-order valence-corrected chi connectivity index (χ0v) is 18.3. The number of H-pyrrole nitrogens is 1. The SMILES string of the molecule is CC(NC(=O)C(N)Cc1cnc[nH]1)C(=O)NC(CCC(=O)O)C(=O)NC(CCC(=O)O)C(=O)O. The molecule has 0 aliphatic rings. The van der Waals surface area contributed by atoms with Gasteiger partial charge >= 0.3 is 17.9 Å². The number of nitrogens with one attached hydrogen (secondary N) is 4. The molecule has 4 atom stereocenters. The highest BCUT2D eigenvalue weighted by Crippen LogP contribution is 2.04. The summed E-state index contributed by atoms with van der Waals surface area (Å²) in [6.45, 7) is 1.31. The smallest absolute Gasteiger partial charge is 0.326 e. The van der Waals surface area contributed by atoms with Gasteiger partial charge in [0.2, 0.25) is 17.7 Å². The Labute approximate surface area is 193 Å². The maximum Gasteiger partial charge on any atom is 0.326 e. The van der Waals surface area contributed by atoms with Crippen molar-refractivity contribution in [2.24, 2.45) is 5.73 Å². The number of carbonyl (C=O) groups excluding carboxylic acids is 3. The van der Waals surface area contributed by atoms with E-state index >= 15 is 0 Å². The molecule has 9 N–H and O–H groups in total. The van der Waals surface area contributed by atoms with Crippen molar-refractivity contribution in [3.8, 4) is 0 Å². The number of aromatic nitrogens is 2. The molecule has 0 aromatic carbocycles. The molecule has 0 saturated carbocycles. The number of aromatic amines is 1. The molecule has 0 spiro atoms. The molecule has 0 radical (unpaired) electrons. The van der Waals surface area contributed by atoms with Gasteiger partial charge in [0.15, 0.2) is 0 Å². The lowest BCUT2D eigenvalue weighted by Gasteiger charge is -2.23. The highest BCUT2D eigenvalue weighted by Gasteiger charge is 2.29. The number of hydrogen-bond acceptors (Lipinski definition) is 8. The zero-order valence-electron chi connectivity index (χ0n) is 18.3. The van der Waals surface area contributed by atoms with Crippen LogP contribution < -0.4 is 21.7 Å². The Kier molecular flexibility index (Phi) is 11.1. The van der Waals surface area contributed by atoms with Crippen molar-refractivity contribution < 1.29 is 44.1 Å². The Morgan fingerprint density at radius 2 is 1.47 bits per heavy atom. The molecule has 1 aromatic rings. The van der Waals surface area contributed by atoms with Gasteiger partial charge in [0.05, 0.1) is 12.4 Å². The fraction of sp³-hybridized carbons (Fsp3) is 0.526. The predicted molar refractivity (Wildman–Crippen MR) is 113 cm³/mol. The number of carboxylic acids is 3. The fourth-order valence-electron chi connectivity index (χ4n) is 2.74. The van der Waals surface area contributed by atoms with E-state index in [-0.39, 0.29) is 12.8 Å². The van der Waals surface area contributed by atoms with Crippen molar-refractivity contribution in [1.29, 1.82) is 0 Å². The number of rotatable bonds is 15. The Balaban J connectivity index is 2.77. The second-order valence-electron chi connectivity index (χ2n) is 7.44. The summed E-state index contributed by atoms with van der Waals surface area (Å²) in [5, 5.41) is 33.6. The van der Waals surface area contributed by atoms with Crippen LogP contribution in [0.3, 0.4) is 0 Å². The molecule has 4 unspecified atom stereocenters. The molecule has 0 aliphatic carbocycles. The van der Waals surface area contributed by atoms with Gasteiger partial charge in [-0.2, -0.15) is 0 Å². The quantitative estimate of drug-likeness (QED) is 0.130. The average molecular weight is 484 g/mol. The van der Waals surface area contributed by atoms with Crippen molar-refractivity contribution in [3.63, 3.8) is 0 Å². The number of carbonyl (C=O) groups is 6. The van der Waals surface area contributed by atoms with E-state index in [0.29, 0.717) is 5.69 Å². The first-order valence-electron chi connectivity index (χ1n) is 10.2. The Bertz CT molecular complexity index is 889. The third-order valence-electron chi connectivity index (χ3n) is 4.62. The molecule has 15 heteroatoms. The molecule has 15 nitrogen and oxygen atoms in total. The van der Waals surface area contributed by atoms with Gasteiger partial charge in [0.25, 0.3) is 0 Å². The van der Waals surface area contributed by atoms with Crippen LogP contribution in [0.5, 0.6) is 0 Å². The van der Waals surface area contributed by atoms with Crippen molar-refractivity contribution in [1.82, 2.24) is 25.9 Å². The number of nitrogens with two attached hydrogens (primary N) is 1. The molecular formula is C19H28N6O9. The van der Waals surface area contributed by atoms with E-state index < -0.39 is 79.1 Å². The van der Waals surface area contributed by atoms with Crippen LogP contribution >= 0.6 is 0 Å². The van der Waals surface area contributed by atoms with E-state index in [1.165, 1.54) is 19.4 Å². The van der Waals surface area contributed by atoms with Gasteiger partial charge < -0.3 is 42.0 Å². The number of amides is 3. The van der Waals surface area contributed by atoms with Crippen LogP contribution in [-0.4, -0.2) is 85.1 Å². The summed E-state index contributed by atoms with van der Waals surface area (Å²) >= 11 is 0.